The number of aryl methyl sites for hydroxylation is 1. The molecular formula is C12H18N2O2. The summed E-state index contributed by atoms with van der Waals surface area (Å²) >= 11 is 0. The van der Waals surface area contributed by atoms with E-state index in [1.165, 1.54) is 0 Å². The highest BCUT2D eigenvalue weighted by molar-refractivity contribution is 5.40. The molecule has 4 heteroatoms. The maximum atomic E-state index is 10.7. The van der Waals surface area contributed by atoms with Crippen LogP contribution < -0.4 is 5.73 Å². The van der Waals surface area contributed by atoms with Gasteiger partial charge in [-0.15, -0.1) is 0 Å². The number of benzene rings is 1. The van der Waals surface area contributed by atoms with Crippen LogP contribution in [0.25, 0.3) is 0 Å². The second-order valence-corrected chi connectivity index (χ2v) is 4.11. The molecule has 16 heavy (non-hydrogen) atoms. The van der Waals surface area contributed by atoms with Crippen LogP contribution in [0.2, 0.25) is 0 Å². The summed E-state index contributed by atoms with van der Waals surface area (Å²) in [5.41, 5.74) is 7.87. The first-order valence-electron chi connectivity index (χ1n) is 5.56. The molecule has 0 fully saturated rings. The van der Waals surface area contributed by atoms with Gasteiger partial charge in [-0.25, -0.2) is 0 Å². The van der Waals surface area contributed by atoms with E-state index in [-0.39, 0.29) is 16.7 Å². The first kappa shape index (κ1) is 12.6. The molecule has 88 valence electrons. The second kappa shape index (κ2) is 5.61. The fourth-order valence-electron chi connectivity index (χ4n) is 1.70. The van der Waals surface area contributed by atoms with Crippen molar-refractivity contribution in [1.82, 2.24) is 0 Å². The van der Waals surface area contributed by atoms with Crippen LogP contribution in [0.3, 0.4) is 0 Å². The van der Waals surface area contributed by atoms with E-state index >= 15 is 0 Å². The third-order valence-electron chi connectivity index (χ3n) is 2.59. The van der Waals surface area contributed by atoms with Gasteiger partial charge < -0.3 is 5.73 Å². The van der Waals surface area contributed by atoms with Gasteiger partial charge in [-0.2, -0.15) is 0 Å². The molecule has 1 aromatic rings. The Labute approximate surface area is 95.6 Å². The first-order chi connectivity index (χ1) is 7.54. The van der Waals surface area contributed by atoms with Crippen LogP contribution in [0.5, 0.6) is 0 Å². The van der Waals surface area contributed by atoms with Gasteiger partial charge in [0.05, 0.1) is 4.92 Å². The van der Waals surface area contributed by atoms with E-state index < -0.39 is 0 Å². The summed E-state index contributed by atoms with van der Waals surface area (Å²) in [6.07, 6.45) is 3.00. The van der Waals surface area contributed by atoms with Gasteiger partial charge in [0.15, 0.2) is 0 Å². The van der Waals surface area contributed by atoms with Crippen molar-refractivity contribution in [3.8, 4) is 0 Å². The van der Waals surface area contributed by atoms with Gasteiger partial charge in [-0.05, 0) is 24.5 Å². The van der Waals surface area contributed by atoms with Crippen LogP contribution in [0.15, 0.2) is 18.2 Å². The van der Waals surface area contributed by atoms with Crippen LogP contribution >= 0.6 is 0 Å². The molecule has 0 saturated carbocycles. The van der Waals surface area contributed by atoms with Gasteiger partial charge in [0.2, 0.25) is 0 Å². The van der Waals surface area contributed by atoms with E-state index in [1.807, 2.05) is 13.0 Å². The highest BCUT2D eigenvalue weighted by atomic mass is 16.6. The fourth-order valence-corrected chi connectivity index (χ4v) is 1.70. The zero-order chi connectivity index (χ0) is 12.1. The number of hydrogen-bond donors (Lipinski definition) is 1. The molecule has 0 aliphatic rings. The van der Waals surface area contributed by atoms with Crippen molar-refractivity contribution in [3.05, 3.63) is 39.4 Å². The molecule has 1 unspecified atom stereocenters. The molecule has 0 spiro atoms. The molecule has 0 amide bonds. The van der Waals surface area contributed by atoms with Crippen molar-refractivity contribution in [2.75, 3.05) is 0 Å². The third-order valence-corrected chi connectivity index (χ3v) is 2.59. The molecule has 0 radical (unpaired) electrons. The fraction of sp³-hybridized carbons (Fsp3) is 0.500. The Morgan fingerprint density at radius 3 is 2.69 bits per heavy atom. The number of unbranched alkanes of at least 4 members (excludes halogenated alkanes) is 1. The SMILES string of the molecule is CCCCC(N)c1cc(C)cc([N+](=O)[O-])c1. The summed E-state index contributed by atoms with van der Waals surface area (Å²) in [6.45, 7) is 3.95. The Kier molecular flexibility index (Phi) is 4.43. The summed E-state index contributed by atoms with van der Waals surface area (Å²) in [4.78, 5) is 10.3. The van der Waals surface area contributed by atoms with E-state index in [4.69, 9.17) is 5.73 Å². The molecule has 0 saturated heterocycles. The van der Waals surface area contributed by atoms with Gasteiger partial charge in [0.25, 0.3) is 5.69 Å². The molecule has 0 aliphatic carbocycles. The maximum absolute atomic E-state index is 10.7. The number of hydrogen-bond acceptors (Lipinski definition) is 3. The Bertz CT molecular complexity index is 377. The summed E-state index contributed by atoms with van der Waals surface area (Å²) in [5, 5.41) is 10.7. The molecule has 4 nitrogen and oxygen atoms in total. The van der Waals surface area contributed by atoms with Gasteiger partial charge in [-0.1, -0.05) is 25.8 Å². The Hall–Kier alpha value is -1.42. The van der Waals surface area contributed by atoms with Crippen molar-refractivity contribution < 1.29 is 4.92 Å². The smallest absolute Gasteiger partial charge is 0.270 e. The van der Waals surface area contributed by atoms with Crippen molar-refractivity contribution in [2.45, 2.75) is 39.2 Å². The summed E-state index contributed by atoms with van der Waals surface area (Å²) < 4.78 is 0. The number of nitro benzene ring substituents is 1. The lowest BCUT2D eigenvalue weighted by atomic mass is 10.00. The number of non-ortho nitro benzene ring substituents is 1. The number of nitrogens with zero attached hydrogens (tertiary/aromatic N) is 1. The predicted molar refractivity (Wildman–Crippen MR) is 64.3 cm³/mol. The Balaban J connectivity index is 2.91. The average Bonchev–Trinajstić information content (AvgIpc) is 2.24. The first-order valence-corrected chi connectivity index (χ1v) is 5.56. The lowest BCUT2D eigenvalue weighted by molar-refractivity contribution is -0.385. The van der Waals surface area contributed by atoms with Gasteiger partial charge in [-0.3, -0.25) is 10.1 Å². The molecule has 0 aliphatic heterocycles. The molecule has 1 aromatic carbocycles. The van der Waals surface area contributed by atoms with Crippen molar-refractivity contribution in [2.24, 2.45) is 5.73 Å². The monoisotopic (exact) mass is 222 g/mol. The molecule has 0 aromatic heterocycles. The van der Waals surface area contributed by atoms with Gasteiger partial charge in [0, 0.05) is 18.2 Å². The van der Waals surface area contributed by atoms with Crippen LogP contribution in [0.4, 0.5) is 5.69 Å². The van der Waals surface area contributed by atoms with Crippen molar-refractivity contribution in [3.63, 3.8) is 0 Å². The minimum absolute atomic E-state index is 0.0986. The Morgan fingerprint density at radius 1 is 1.44 bits per heavy atom. The van der Waals surface area contributed by atoms with Crippen molar-refractivity contribution in [1.29, 1.82) is 0 Å². The Morgan fingerprint density at radius 2 is 2.12 bits per heavy atom. The van der Waals surface area contributed by atoms with Crippen LogP contribution in [0, 0.1) is 17.0 Å². The minimum Gasteiger partial charge on any atom is -0.324 e. The van der Waals surface area contributed by atoms with E-state index in [0.717, 1.165) is 30.4 Å². The molecule has 2 N–H and O–H groups in total. The third kappa shape index (κ3) is 3.31. The summed E-state index contributed by atoms with van der Waals surface area (Å²) in [5.74, 6) is 0. The zero-order valence-corrected chi connectivity index (χ0v) is 9.77. The highest BCUT2D eigenvalue weighted by Crippen LogP contribution is 2.23. The lowest BCUT2D eigenvalue weighted by Crippen LogP contribution is -2.10. The van der Waals surface area contributed by atoms with Gasteiger partial charge in [0.1, 0.15) is 0 Å². The van der Waals surface area contributed by atoms with Crippen molar-refractivity contribution >= 4 is 5.69 Å². The predicted octanol–water partition coefficient (Wildman–Crippen LogP) is 3.09. The highest BCUT2D eigenvalue weighted by Gasteiger charge is 2.12. The molecule has 1 rings (SSSR count). The summed E-state index contributed by atoms with van der Waals surface area (Å²) in [6, 6.07) is 4.97. The molecule has 0 heterocycles. The molecular weight excluding hydrogens is 204 g/mol. The maximum Gasteiger partial charge on any atom is 0.270 e. The van der Waals surface area contributed by atoms with E-state index in [9.17, 15) is 10.1 Å². The van der Waals surface area contributed by atoms with Crippen LogP contribution in [-0.2, 0) is 0 Å². The van der Waals surface area contributed by atoms with E-state index in [0.29, 0.717) is 0 Å². The quantitative estimate of drug-likeness (QED) is 0.614. The number of nitro groups is 1. The standard InChI is InChI=1S/C12H18N2O2/c1-3-4-5-12(13)10-6-9(2)7-11(8-10)14(15)16/h6-8,12H,3-5,13H2,1-2H3. The average molecular weight is 222 g/mol. The summed E-state index contributed by atoms with van der Waals surface area (Å²) in [7, 11) is 0. The van der Waals surface area contributed by atoms with Gasteiger partial charge >= 0.3 is 0 Å². The van der Waals surface area contributed by atoms with E-state index in [2.05, 4.69) is 6.92 Å². The molecule has 0 bridgehead atoms. The minimum atomic E-state index is -0.372. The number of nitrogens with two attached hydrogens (primary N) is 1. The van der Waals surface area contributed by atoms with Crippen LogP contribution in [0.1, 0.15) is 43.4 Å². The second-order valence-electron chi connectivity index (χ2n) is 4.11. The largest absolute Gasteiger partial charge is 0.324 e. The number of rotatable bonds is 5. The van der Waals surface area contributed by atoms with E-state index in [1.54, 1.807) is 12.1 Å². The molecule has 1 atom stereocenters. The van der Waals surface area contributed by atoms with Crippen LogP contribution in [-0.4, -0.2) is 4.92 Å². The topological polar surface area (TPSA) is 69.2 Å². The normalized spacial score (nSPS) is 12.4. The zero-order valence-electron chi connectivity index (χ0n) is 9.77. The lowest BCUT2D eigenvalue weighted by Gasteiger charge is -2.11.